The smallest absolute Gasteiger partial charge is 0.234 e. The van der Waals surface area contributed by atoms with E-state index in [0.29, 0.717) is 21.5 Å². The van der Waals surface area contributed by atoms with Crippen molar-refractivity contribution in [2.45, 2.75) is 5.16 Å². The molecule has 0 bridgehead atoms. The van der Waals surface area contributed by atoms with Crippen LogP contribution in [0, 0.1) is 0 Å². The number of aromatic nitrogens is 4. The summed E-state index contributed by atoms with van der Waals surface area (Å²) >= 11 is 10.6. The minimum Gasteiger partial charge on any atom is -0.325 e. The van der Waals surface area contributed by atoms with Crippen LogP contribution in [-0.4, -0.2) is 31.5 Å². The van der Waals surface area contributed by atoms with Crippen LogP contribution in [0.3, 0.4) is 0 Å². The summed E-state index contributed by atoms with van der Waals surface area (Å²) in [5.74, 6) is 0.0189. The SMILES string of the molecule is O=C(CSc1nnc2ccc(-c3ccc(Br)cc3)nn12)Nc1cccc(Cl)c1. The van der Waals surface area contributed by atoms with E-state index in [4.69, 9.17) is 11.6 Å². The third-order valence-electron chi connectivity index (χ3n) is 3.81. The van der Waals surface area contributed by atoms with E-state index in [1.165, 1.54) is 11.8 Å². The van der Waals surface area contributed by atoms with Gasteiger partial charge in [-0.2, -0.15) is 9.61 Å². The molecule has 4 aromatic rings. The van der Waals surface area contributed by atoms with Gasteiger partial charge in [0.15, 0.2) is 5.65 Å². The quantitative estimate of drug-likeness (QED) is 0.415. The number of thioether (sulfide) groups is 1. The average molecular weight is 475 g/mol. The third-order valence-corrected chi connectivity index (χ3v) is 5.50. The fraction of sp³-hybridized carbons (Fsp3) is 0.0526. The standard InChI is InChI=1S/C19H13BrClN5OS/c20-13-6-4-12(5-7-13)16-8-9-17-23-24-19(26(17)25-16)28-11-18(27)22-15-3-1-2-14(21)10-15/h1-10H,11H2,(H,22,27). The zero-order valence-electron chi connectivity index (χ0n) is 14.3. The molecule has 0 aliphatic heterocycles. The molecule has 1 N–H and O–H groups in total. The number of nitrogens with zero attached hydrogens (tertiary/aromatic N) is 4. The lowest BCUT2D eigenvalue weighted by Gasteiger charge is -2.05. The molecular formula is C19H13BrClN5OS. The number of carbonyl (C=O) groups is 1. The van der Waals surface area contributed by atoms with Crippen molar-refractivity contribution in [1.29, 1.82) is 0 Å². The summed E-state index contributed by atoms with van der Waals surface area (Å²) in [5, 5.41) is 16.8. The minimum atomic E-state index is -0.159. The van der Waals surface area contributed by atoms with Gasteiger partial charge in [0.2, 0.25) is 11.1 Å². The first-order valence-electron chi connectivity index (χ1n) is 8.25. The van der Waals surface area contributed by atoms with E-state index in [-0.39, 0.29) is 11.7 Å². The zero-order valence-corrected chi connectivity index (χ0v) is 17.5. The maximum atomic E-state index is 12.2. The molecule has 0 atom stereocenters. The average Bonchev–Trinajstić information content (AvgIpc) is 3.09. The van der Waals surface area contributed by atoms with Crippen molar-refractivity contribution in [1.82, 2.24) is 19.8 Å². The van der Waals surface area contributed by atoms with Crippen LogP contribution in [0.4, 0.5) is 5.69 Å². The molecule has 1 amide bonds. The molecule has 9 heteroatoms. The second-order valence-corrected chi connectivity index (χ2v) is 8.12. The Kier molecular flexibility index (Phi) is 5.61. The van der Waals surface area contributed by atoms with E-state index >= 15 is 0 Å². The molecule has 2 heterocycles. The number of amides is 1. The lowest BCUT2D eigenvalue weighted by atomic mass is 10.1. The largest absolute Gasteiger partial charge is 0.325 e. The summed E-state index contributed by atoms with van der Waals surface area (Å²) in [5.41, 5.74) is 3.05. The molecule has 0 saturated carbocycles. The molecule has 2 aromatic heterocycles. The summed E-state index contributed by atoms with van der Waals surface area (Å²) in [6.07, 6.45) is 0. The first kappa shape index (κ1) is 18.9. The van der Waals surface area contributed by atoms with Crippen LogP contribution < -0.4 is 5.32 Å². The minimum absolute atomic E-state index is 0.159. The highest BCUT2D eigenvalue weighted by atomic mass is 79.9. The van der Waals surface area contributed by atoms with Crippen molar-refractivity contribution in [3.05, 3.63) is 70.2 Å². The zero-order chi connectivity index (χ0) is 19.5. The second kappa shape index (κ2) is 8.30. The lowest BCUT2D eigenvalue weighted by Crippen LogP contribution is -2.14. The fourth-order valence-corrected chi connectivity index (χ4v) is 3.67. The van der Waals surface area contributed by atoms with Crippen LogP contribution in [0.15, 0.2) is 70.3 Å². The van der Waals surface area contributed by atoms with E-state index in [1.807, 2.05) is 36.4 Å². The molecular weight excluding hydrogens is 462 g/mol. The lowest BCUT2D eigenvalue weighted by molar-refractivity contribution is -0.113. The first-order chi connectivity index (χ1) is 13.6. The number of fused-ring (bicyclic) bond motifs is 1. The molecule has 140 valence electrons. The molecule has 6 nitrogen and oxygen atoms in total. The van der Waals surface area contributed by atoms with E-state index in [0.717, 1.165) is 15.7 Å². The Bertz CT molecular complexity index is 1150. The number of hydrogen-bond donors (Lipinski definition) is 1. The van der Waals surface area contributed by atoms with Crippen molar-refractivity contribution < 1.29 is 4.79 Å². The van der Waals surface area contributed by atoms with Gasteiger partial charge in [-0.1, -0.05) is 57.5 Å². The molecule has 28 heavy (non-hydrogen) atoms. The highest BCUT2D eigenvalue weighted by Crippen LogP contribution is 2.22. The molecule has 4 rings (SSSR count). The summed E-state index contributed by atoms with van der Waals surface area (Å²) in [7, 11) is 0. The molecule has 0 radical (unpaired) electrons. The summed E-state index contributed by atoms with van der Waals surface area (Å²) in [6.45, 7) is 0. The van der Waals surface area contributed by atoms with Crippen LogP contribution >= 0.6 is 39.3 Å². The van der Waals surface area contributed by atoms with Crippen LogP contribution in [0.5, 0.6) is 0 Å². The molecule has 2 aromatic carbocycles. The maximum Gasteiger partial charge on any atom is 0.234 e. The fourth-order valence-electron chi connectivity index (χ4n) is 2.53. The summed E-state index contributed by atoms with van der Waals surface area (Å²) < 4.78 is 2.65. The highest BCUT2D eigenvalue weighted by Gasteiger charge is 2.12. The van der Waals surface area contributed by atoms with E-state index in [1.54, 1.807) is 28.8 Å². The Labute approximate surface area is 178 Å². The molecule has 0 unspecified atom stereocenters. The Morgan fingerprint density at radius 2 is 1.93 bits per heavy atom. The number of rotatable bonds is 5. The van der Waals surface area contributed by atoms with Gasteiger partial charge in [0.1, 0.15) is 0 Å². The van der Waals surface area contributed by atoms with E-state index in [9.17, 15) is 4.79 Å². The van der Waals surface area contributed by atoms with Crippen molar-refractivity contribution in [2.24, 2.45) is 0 Å². The van der Waals surface area contributed by atoms with Gasteiger partial charge >= 0.3 is 0 Å². The summed E-state index contributed by atoms with van der Waals surface area (Å²) in [6, 6.07) is 18.7. The number of anilines is 1. The van der Waals surface area contributed by atoms with Gasteiger partial charge in [0.25, 0.3) is 0 Å². The van der Waals surface area contributed by atoms with Gasteiger partial charge in [-0.3, -0.25) is 4.79 Å². The normalized spacial score (nSPS) is 10.9. The van der Waals surface area contributed by atoms with Crippen LogP contribution in [-0.2, 0) is 4.79 Å². The van der Waals surface area contributed by atoms with Gasteiger partial charge in [-0.25, -0.2) is 0 Å². The molecule has 0 aliphatic carbocycles. The van der Waals surface area contributed by atoms with Gasteiger partial charge in [0.05, 0.1) is 11.4 Å². The summed E-state index contributed by atoms with van der Waals surface area (Å²) in [4.78, 5) is 12.2. The predicted octanol–water partition coefficient (Wildman–Crippen LogP) is 4.94. The Hall–Kier alpha value is -2.42. The number of benzene rings is 2. The Morgan fingerprint density at radius 3 is 2.71 bits per heavy atom. The molecule has 0 saturated heterocycles. The predicted molar refractivity (Wildman–Crippen MR) is 115 cm³/mol. The van der Waals surface area contributed by atoms with Crippen LogP contribution in [0.25, 0.3) is 16.9 Å². The number of nitrogens with one attached hydrogen (secondary N) is 1. The van der Waals surface area contributed by atoms with Gasteiger partial charge < -0.3 is 5.32 Å². The second-order valence-electron chi connectivity index (χ2n) is 5.83. The van der Waals surface area contributed by atoms with Gasteiger partial charge in [-0.05, 0) is 42.5 Å². The van der Waals surface area contributed by atoms with Crippen molar-refractivity contribution in [3.8, 4) is 11.3 Å². The van der Waals surface area contributed by atoms with Gasteiger partial charge in [0, 0.05) is 20.7 Å². The third kappa shape index (κ3) is 4.35. The van der Waals surface area contributed by atoms with Crippen molar-refractivity contribution in [3.63, 3.8) is 0 Å². The monoisotopic (exact) mass is 473 g/mol. The number of carbonyl (C=O) groups excluding carboxylic acids is 1. The highest BCUT2D eigenvalue weighted by molar-refractivity contribution is 9.10. The first-order valence-corrected chi connectivity index (χ1v) is 10.4. The van der Waals surface area contributed by atoms with E-state index < -0.39 is 0 Å². The topological polar surface area (TPSA) is 72.2 Å². The number of hydrogen-bond acceptors (Lipinski definition) is 5. The van der Waals surface area contributed by atoms with Crippen molar-refractivity contribution >= 4 is 56.5 Å². The molecule has 0 spiro atoms. The van der Waals surface area contributed by atoms with Gasteiger partial charge in [-0.15, -0.1) is 10.2 Å². The Morgan fingerprint density at radius 1 is 1.11 bits per heavy atom. The maximum absolute atomic E-state index is 12.2. The number of halogens is 2. The van der Waals surface area contributed by atoms with E-state index in [2.05, 4.69) is 36.5 Å². The van der Waals surface area contributed by atoms with Crippen LogP contribution in [0.1, 0.15) is 0 Å². The molecule has 0 fully saturated rings. The molecule has 0 aliphatic rings. The Balaban J connectivity index is 1.50. The van der Waals surface area contributed by atoms with Crippen molar-refractivity contribution in [2.75, 3.05) is 11.1 Å². The van der Waals surface area contributed by atoms with Crippen LogP contribution in [0.2, 0.25) is 5.02 Å².